The van der Waals surface area contributed by atoms with E-state index < -0.39 is 5.92 Å². The second kappa shape index (κ2) is 7.32. The van der Waals surface area contributed by atoms with Crippen LogP contribution in [0.3, 0.4) is 0 Å². The lowest BCUT2D eigenvalue weighted by molar-refractivity contribution is -0.0464. The Hall–Kier alpha value is -0.000000000000000111. The zero-order valence-electron chi connectivity index (χ0n) is 11.3. The Morgan fingerprint density at radius 2 is 1.85 bits per heavy atom. The fraction of sp³-hybridized carbons (Fsp3) is 0.600. The SMILES string of the molecule is FC1(F)CCC(CCNCc2ccc(Br)c(Br)c2)CC1. The number of hydrogen-bond donors (Lipinski definition) is 1. The van der Waals surface area contributed by atoms with E-state index in [-0.39, 0.29) is 12.8 Å². The van der Waals surface area contributed by atoms with Crippen LogP contribution in [0.4, 0.5) is 8.78 Å². The standard InChI is InChI=1S/C15H19Br2F2N/c16-13-2-1-12(9-14(13)17)10-20-8-5-11-3-6-15(18,19)7-4-11/h1-2,9,11,20H,3-8,10H2. The lowest BCUT2D eigenvalue weighted by Crippen LogP contribution is -2.26. The van der Waals surface area contributed by atoms with Crippen LogP contribution in [-0.2, 0) is 6.54 Å². The van der Waals surface area contributed by atoms with Gasteiger partial charge in [0.15, 0.2) is 0 Å². The normalized spacial score (nSPS) is 19.2. The molecule has 1 aliphatic carbocycles. The van der Waals surface area contributed by atoms with Gasteiger partial charge in [0.1, 0.15) is 0 Å². The Bertz CT molecular complexity index is 441. The van der Waals surface area contributed by atoms with Crippen molar-refractivity contribution in [2.45, 2.75) is 44.6 Å². The molecular formula is C15H19Br2F2N. The van der Waals surface area contributed by atoms with E-state index in [4.69, 9.17) is 0 Å². The average molecular weight is 411 g/mol. The molecule has 0 amide bonds. The summed E-state index contributed by atoms with van der Waals surface area (Å²) in [5, 5.41) is 3.39. The molecule has 1 aliphatic rings. The molecule has 5 heteroatoms. The minimum absolute atomic E-state index is 0.0668. The first-order chi connectivity index (χ1) is 9.46. The maximum atomic E-state index is 13.0. The first-order valence-corrected chi connectivity index (χ1v) is 8.57. The zero-order chi connectivity index (χ0) is 14.6. The topological polar surface area (TPSA) is 12.0 Å². The maximum Gasteiger partial charge on any atom is 0.248 e. The molecule has 0 unspecified atom stereocenters. The Kier molecular flexibility index (Phi) is 5.99. The summed E-state index contributed by atoms with van der Waals surface area (Å²) < 4.78 is 28.2. The highest BCUT2D eigenvalue weighted by Crippen LogP contribution is 2.37. The molecule has 0 atom stereocenters. The third-order valence-corrected chi connectivity index (χ3v) is 5.76. The van der Waals surface area contributed by atoms with Gasteiger partial charge in [-0.2, -0.15) is 0 Å². The molecule has 112 valence electrons. The molecule has 1 nitrogen and oxygen atoms in total. The number of nitrogens with one attached hydrogen (secondary N) is 1. The molecule has 1 fully saturated rings. The van der Waals surface area contributed by atoms with Gasteiger partial charge in [0.05, 0.1) is 0 Å². The van der Waals surface area contributed by atoms with E-state index in [2.05, 4.69) is 49.3 Å². The summed E-state index contributed by atoms with van der Waals surface area (Å²) >= 11 is 6.93. The molecule has 0 aliphatic heterocycles. The van der Waals surface area contributed by atoms with Crippen LogP contribution in [0.2, 0.25) is 0 Å². The van der Waals surface area contributed by atoms with Crippen molar-refractivity contribution in [1.82, 2.24) is 5.32 Å². The minimum Gasteiger partial charge on any atom is -0.313 e. The number of rotatable bonds is 5. The third kappa shape index (κ3) is 5.08. The van der Waals surface area contributed by atoms with Crippen molar-refractivity contribution < 1.29 is 8.78 Å². The maximum absolute atomic E-state index is 13.0. The van der Waals surface area contributed by atoms with Gasteiger partial charge in [0.25, 0.3) is 0 Å². The summed E-state index contributed by atoms with van der Waals surface area (Å²) in [4.78, 5) is 0. The lowest BCUT2D eigenvalue weighted by Gasteiger charge is -2.28. The predicted molar refractivity (Wildman–Crippen MR) is 85.1 cm³/mol. The highest BCUT2D eigenvalue weighted by molar-refractivity contribution is 9.13. The van der Waals surface area contributed by atoms with E-state index in [1.807, 2.05) is 6.07 Å². The number of hydrogen-bond acceptors (Lipinski definition) is 1. The van der Waals surface area contributed by atoms with Crippen molar-refractivity contribution in [3.05, 3.63) is 32.7 Å². The van der Waals surface area contributed by atoms with Gasteiger partial charge in [-0.15, -0.1) is 0 Å². The summed E-state index contributed by atoms with van der Waals surface area (Å²) in [5.41, 5.74) is 1.22. The molecule has 0 radical (unpaired) electrons. The van der Waals surface area contributed by atoms with Gasteiger partial charge in [0, 0.05) is 28.3 Å². The van der Waals surface area contributed by atoms with Crippen LogP contribution < -0.4 is 5.32 Å². The van der Waals surface area contributed by atoms with Crippen molar-refractivity contribution >= 4 is 31.9 Å². The van der Waals surface area contributed by atoms with E-state index >= 15 is 0 Å². The van der Waals surface area contributed by atoms with E-state index in [1.54, 1.807) is 0 Å². The molecule has 20 heavy (non-hydrogen) atoms. The molecule has 0 spiro atoms. The minimum atomic E-state index is -2.41. The molecule has 0 heterocycles. The molecule has 1 saturated carbocycles. The predicted octanol–water partition coefficient (Wildman–Crippen LogP) is 5.52. The van der Waals surface area contributed by atoms with Crippen LogP contribution in [0.5, 0.6) is 0 Å². The first kappa shape index (κ1) is 16.4. The summed E-state index contributed by atoms with van der Waals surface area (Å²) in [6.07, 6.45) is 2.46. The molecule has 1 aromatic rings. The Balaban J connectivity index is 1.65. The van der Waals surface area contributed by atoms with Crippen LogP contribution in [0.25, 0.3) is 0 Å². The largest absolute Gasteiger partial charge is 0.313 e. The van der Waals surface area contributed by atoms with E-state index in [0.717, 1.165) is 28.5 Å². The Morgan fingerprint density at radius 3 is 2.50 bits per heavy atom. The molecule has 1 N–H and O–H groups in total. The summed E-state index contributed by atoms with van der Waals surface area (Å²) in [5.74, 6) is -1.95. The molecular weight excluding hydrogens is 392 g/mol. The Labute approximate surface area is 135 Å². The monoisotopic (exact) mass is 409 g/mol. The van der Waals surface area contributed by atoms with Crippen molar-refractivity contribution in [3.63, 3.8) is 0 Å². The second-order valence-electron chi connectivity index (χ2n) is 5.51. The number of alkyl halides is 2. The van der Waals surface area contributed by atoms with Crippen LogP contribution in [-0.4, -0.2) is 12.5 Å². The highest BCUT2D eigenvalue weighted by atomic mass is 79.9. The van der Waals surface area contributed by atoms with Crippen LogP contribution >= 0.6 is 31.9 Å². The molecule has 0 bridgehead atoms. The van der Waals surface area contributed by atoms with Crippen molar-refractivity contribution in [3.8, 4) is 0 Å². The second-order valence-corrected chi connectivity index (χ2v) is 7.22. The van der Waals surface area contributed by atoms with Crippen LogP contribution in [0.1, 0.15) is 37.7 Å². The van der Waals surface area contributed by atoms with Crippen molar-refractivity contribution in [2.24, 2.45) is 5.92 Å². The smallest absolute Gasteiger partial charge is 0.248 e. The summed E-state index contributed by atoms with van der Waals surface area (Å²) in [6, 6.07) is 6.17. The van der Waals surface area contributed by atoms with Crippen LogP contribution in [0, 0.1) is 5.92 Å². The first-order valence-electron chi connectivity index (χ1n) is 6.99. The molecule has 1 aromatic carbocycles. The van der Waals surface area contributed by atoms with Gasteiger partial charge in [-0.1, -0.05) is 6.07 Å². The van der Waals surface area contributed by atoms with Crippen molar-refractivity contribution in [2.75, 3.05) is 6.54 Å². The molecule has 2 rings (SSSR count). The number of halogens is 4. The van der Waals surface area contributed by atoms with Gasteiger partial charge in [-0.3, -0.25) is 0 Å². The third-order valence-electron chi connectivity index (χ3n) is 3.88. The average Bonchev–Trinajstić information content (AvgIpc) is 2.40. The molecule has 0 aromatic heterocycles. The zero-order valence-corrected chi connectivity index (χ0v) is 14.4. The highest BCUT2D eigenvalue weighted by Gasteiger charge is 2.34. The number of benzene rings is 1. The van der Waals surface area contributed by atoms with Crippen LogP contribution in [0.15, 0.2) is 27.1 Å². The van der Waals surface area contributed by atoms with E-state index in [1.165, 1.54) is 5.56 Å². The summed E-state index contributed by atoms with van der Waals surface area (Å²) in [6.45, 7) is 1.71. The van der Waals surface area contributed by atoms with Crippen molar-refractivity contribution in [1.29, 1.82) is 0 Å². The van der Waals surface area contributed by atoms with Gasteiger partial charge in [0.2, 0.25) is 5.92 Å². The fourth-order valence-corrected chi connectivity index (χ4v) is 3.25. The van der Waals surface area contributed by atoms with E-state index in [0.29, 0.717) is 18.8 Å². The lowest BCUT2D eigenvalue weighted by atomic mass is 9.85. The van der Waals surface area contributed by atoms with Gasteiger partial charge < -0.3 is 5.32 Å². The van der Waals surface area contributed by atoms with Gasteiger partial charge >= 0.3 is 0 Å². The fourth-order valence-electron chi connectivity index (χ4n) is 2.58. The Morgan fingerprint density at radius 1 is 1.15 bits per heavy atom. The quantitative estimate of drug-likeness (QED) is 0.630. The van der Waals surface area contributed by atoms with Gasteiger partial charge in [-0.05, 0) is 81.3 Å². The van der Waals surface area contributed by atoms with Gasteiger partial charge in [-0.25, -0.2) is 8.78 Å². The van der Waals surface area contributed by atoms with E-state index in [9.17, 15) is 8.78 Å². The summed E-state index contributed by atoms with van der Waals surface area (Å²) in [7, 11) is 0. The molecule has 0 saturated heterocycles.